The highest BCUT2D eigenvalue weighted by Gasteiger charge is 2.36. The van der Waals surface area contributed by atoms with Crippen LogP contribution in [0.4, 0.5) is 14.7 Å². The SMILES string of the molecule is O=C(N1CCOCC1)N1CCC(N(C(=O)Nc2ncc(Cl)s2)C2CCCCC2)CC1. The number of nitrogens with one attached hydrogen (secondary N) is 1. The summed E-state index contributed by atoms with van der Waals surface area (Å²) < 4.78 is 5.91. The molecule has 2 saturated heterocycles. The fourth-order valence-corrected chi connectivity index (χ4v) is 5.55. The van der Waals surface area contributed by atoms with E-state index in [1.165, 1.54) is 17.8 Å². The van der Waals surface area contributed by atoms with E-state index in [-0.39, 0.29) is 24.1 Å². The predicted molar refractivity (Wildman–Crippen MR) is 117 cm³/mol. The summed E-state index contributed by atoms with van der Waals surface area (Å²) in [6.45, 7) is 3.90. The topological polar surface area (TPSA) is 78.0 Å². The summed E-state index contributed by atoms with van der Waals surface area (Å²) in [7, 11) is 0. The van der Waals surface area contributed by atoms with Gasteiger partial charge in [-0.05, 0) is 25.7 Å². The number of aromatic nitrogens is 1. The normalized spacial score (nSPS) is 21.5. The van der Waals surface area contributed by atoms with Crippen LogP contribution >= 0.6 is 22.9 Å². The number of rotatable bonds is 3. The summed E-state index contributed by atoms with van der Waals surface area (Å²) in [6.07, 6.45) is 8.80. The highest BCUT2D eigenvalue weighted by molar-refractivity contribution is 7.19. The second-order valence-corrected chi connectivity index (χ2v) is 9.86. The van der Waals surface area contributed by atoms with E-state index in [0.29, 0.717) is 48.9 Å². The largest absolute Gasteiger partial charge is 0.378 e. The van der Waals surface area contributed by atoms with Crippen LogP contribution in [0.5, 0.6) is 0 Å². The number of anilines is 1. The van der Waals surface area contributed by atoms with Gasteiger partial charge in [0.15, 0.2) is 5.13 Å². The molecule has 4 rings (SSSR count). The zero-order valence-corrected chi connectivity index (χ0v) is 18.8. The average molecular weight is 456 g/mol. The van der Waals surface area contributed by atoms with Crippen molar-refractivity contribution in [3.05, 3.63) is 10.5 Å². The van der Waals surface area contributed by atoms with Crippen molar-refractivity contribution < 1.29 is 14.3 Å². The summed E-state index contributed by atoms with van der Waals surface area (Å²) in [5, 5.41) is 3.48. The third kappa shape index (κ3) is 5.18. The first-order valence-electron chi connectivity index (χ1n) is 10.9. The molecule has 1 N–H and O–H groups in total. The minimum atomic E-state index is -0.0918. The van der Waals surface area contributed by atoms with Crippen molar-refractivity contribution >= 4 is 40.1 Å². The number of carbonyl (C=O) groups excluding carboxylic acids is 2. The van der Waals surface area contributed by atoms with Crippen LogP contribution in [-0.4, -0.2) is 83.2 Å². The first kappa shape index (κ1) is 21.6. The summed E-state index contributed by atoms with van der Waals surface area (Å²) in [4.78, 5) is 36.0. The predicted octanol–water partition coefficient (Wildman–Crippen LogP) is 3.88. The number of halogens is 1. The monoisotopic (exact) mass is 455 g/mol. The Bertz CT molecular complexity index is 728. The van der Waals surface area contributed by atoms with Crippen LogP contribution in [-0.2, 0) is 4.74 Å². The Labute approximate surface area is 186 Å². The molecule has 1 aliphatic carbocycles. The van der Waals surface area contributed by atoms with E-state index in [4.69, 9.17) is 16.3 Å². The number of nitrogens with zero attached hydrogens (tertiary/aromatic N) is 4. The van der Waals surface area contributed by atoms with Crippen LogP contribution < -0.4 is 5.32 Å². The highest BCUT2D eigenvalue weighted by Crippen LogP contribution is 2.30. The molecular formula is C20H30ClN5O3S. The van der Waals surface area contributed by atoms with Gasteiger partial charge in [-0.1, -0.05) is 42.2 Å². The zero-order chi connectivity index (χ0) is 20.9. The molecule has 0 radical (unpaired) electrons. The molecule has 3 heterocycles. The zero-order valence-electron chi connectivity index (χ0n) is 17.2. The second kappa shape index (κ2) is 10.2. The van der Waals surface area contributed by atoms with Gasteiger partial charge in [0, 0.05) is 38.3 Å². The Morgan fingerprint density at radius 3 is 2.30 bits per heavy atom. The second-order valence-electron chi connectivity index (χ2n) is 8.20. The minimum Gasteiger partial charge on any atom is -0.378 e. The number of piperidine rings is 1. The number of carbonyl (C=O) groups is 2. The van der Waals surface area contributed by atoms with Crippen molar-refractivity contribution in [1.29, 1.82) is 0 Å². The van der Waals surface area contributed by atoms with E-state index in [1.54, 1.807) is 6.20 Å². The lowest BCUT2D eigenvalue weighted by Gasteiger charge is -2.44. The van der Waals surface area contributed by atoms with Crippen molar-refractivity contribution in [1.82, 2.24) is 19.7 Å². The van der Waals surface area contributed by atoms with Crippen LogP contribution in [0.25, 0.3) is 0 Å². The maximum atomic E-state index is 13.2. The van der Waals surface area contributed by atoms with Crippen molar-refractivity contribution in [3.63, 3.8) is 0 Å². The lowest BCUT2D eigenvalue weighted by molar-refractivity contribution is 0.0366. The van der Waals surface area contributed by atoms with Gasteiger partial charge in [-0.3, -0.25) is 5.32 Å². The van der Waals surface area contributed by atoms with Crippen LogP contribution in [0.3, 0.4) is 0 Å². The number of amides is 4. The molecule has 0 atom stereocenters. The first-order chi connectivity index (χ1) is 14.6. The summed E-state index contributed by atoms with van der Waals surface area (Å²) >= 11 is 7.25. The highest BCUT2D eigenvalue weighted by atomic mass is 35.5. The van der Waals surface area contributed by atoms with Gasteiger partial charge in [0.25, 0.3) is 0 Å². The van der Waals surface area contributed by atoms with Crippen molar-refractivity contribution in [3.8, 4) is 0 Å². The lowest BCUT2D eigenvalue weighted by Crippen LogP contribution is -2.56. The van der Waals surface area contributed by atoms with Crippen LogP contribution in [0, 0.1) is 0 Å². The summed E-state index contributed by atoms with van der Waals surface area (Å²) in [5.41, 5.74) is 0. The molecule has 1 saturated carbocycles. The maximum Gasteiger partial charge on any atom is 0.324 e. The molecule has 10 heteroatoms. The molecule has 166 valence electrons. The molecule has 8 nitrogen and oxygen atoms in total. The molecule has 4 amide bonds. The number of ether oxygens (including phenoxy) is 1. The fourth-order valence-electron chi connectivity index (χ4n) is 4.75. The van der Waals surface area contributed by atoms with Crippen LogP contribution in [0.2, 0.25) is 4.34 Å². The Kier molecular flexibility index (Phi) is 7.32. The third-order valence-corrected chi connectivity index (χ3v) is 7.33. The smallest absolute Gasteiger partial charge is 0.324 e. The van der Waals surface area contributed by atoms with Gasteiger partial charge in [0.05, 0.1) is 19.4 Å². The van der Waals surface area contributed by atoms with Gasteiger partial charge in [-0.2, -0.15) is 0 Å². The van der Waals surface area contributed by atoms with Gasteiger partial charge in [-0.15, -0.1) is 0 Å². The van der Waals surface area contributed by atoms with Gasteiger partial charge in [-0.25, -0.2) is 14.6 Å². The van der Waals surface area contributed by atoms with Crippen molar-refractivity contribution in [2.75, 3.05) is 44.7 Å². The van der Waals surface area contributed by atoms with E-state index in [1.807, 2.05) is 14.7 Å². The van der Waals surface area contributed by atoms with E-state index < -0.39 is 0 Å². The maximum absolute atomic E-state index is 13.2. The molecule has 1 aromatic rings. The van der Waals surface area contributed by atoms with E-state index >= 15 is 0 Å². The van der Waals surface area contributed by atoms with E-state index in [2.05, 4.69) is 10.3 Å². The number of hydrogen-bond donors (Lipinski definition) is 1. The van der Waals surface area contributed by atoms with Gasteiger partial charge < -0.3 is 19.4 Å². The molecule has 30 heavy (non-hydrogen) atoms. The van der Waals surface area contributed by atoms with E-state index in [9.17, 15) is 9.59 Å². The number of morpholine rings is 1. The summed E-state index contributed by atoms with van der Waals surface area (Å²) in [6, 6.07) is 0.395. The number of hydrogen-bond acceptors (Lipinski definition) is 5. The van der Waals surface area contributed by atoms with Crippen molar-refractivity contribution in [2.24, 2.45) is 0 Å². The number of urea groups is 2. The van der Waals surface area contributed by atoms with Crippen LogP contribution in [0.15, 0.2) is 6.20 Å². The number of thiazole rings is 1. The molecule has 0 bridgehead atoms. The van der Waals surface area contributed by atoms with Gasteiger partial charge in [0.2, 0.25) is 0 Å². The number of likely N-dealkylation sites (tertiary alicyclic amines) is 1. The average Bonchev–Trinajstić information content (AvgIpc) is 3.19. The van der Waals surface area contributed by atoms with Gasteiger partial charge in [0.1, 0.15) is 4.34 Å². The lowest BCUT2D eigenvalue weighted by atomic mass is 9.91. The molecule has 0 aromatic carbocycles. The van der Waals surface area contributed by atoms with Crippen molar-refractivity contribution in [2.45, 2.75) is 57.0 Å². The minimum absolute atomic E-state index is 0.0918. The molecular weight excluding hydrogens is 426 g/mol. The fraction of sp³-hybridized carbons (Fsp3) is 0.750. The molecule has 0 spiro atoms. The van der Waals surface area contributed by atoms with E-state index in [0.717, 1.165) is 38.5 Å². The summed E-state index contributed by atoms with van der Waals surface area (Å²) in [5.74, 6) is 0. The Hall–Kier alpha value is -1.58. The standard InChI is InChI=1S/C20H30ClN5O3S/c21-17-14-22-18(30-17)23-19(27)26(15-4-2-1-3-5-15)16-6-8-24(9-7-16)20(28)25-10-12-29-13-11-25/h14-16H,1-13H2,(H,22,23,27). The Morgan fingerprint density at radius 1 is 1.03 bits per heavy atom. The van der Waals surface area contributed by atoms with Gasteiger partial charge >= 0.3 is 12.1 Å². The molecule has 3 aliphatic rings. The molecule has 3 fully saturated rings. The Morgan fingerprint density at radius 2 is 1.67 bits per heavy atom. The molecule has 1 aromatic heterocycles. The molecule has 2 aliphatic heterocycles. The van der Waals surface area contributed by atoms with Crippen LogP contribution in [0.1, 0.15) is 44.9 Å². The third-order valence-electron chi connectivity index (χ3n) is 6.30. The first-order valence-corrected chi connectivity index (χ1v) is 12.1. The molecule has 0 unspecified atom stereocenters. The Balaban J connectivity index is 1.39. The quantitative estimate of drug-likeness (QED) is 0.750.